The maximum absolute atomic E-state index is 13.0. The van der Waals surface area contributed by atoms with Crippen LogP contribution >= 0.6 is 22.6 Å². The van der Waals surface area contributed by atoms with Gasteiger partial charge in [0.15, 0.2) is 0 Å². The summed E-state index contributed by atoms with van der Waals surface area (Å²) in [6.45, 7) is 0. The van der Waals surface area contributed by atoms with E-state index in [1.54, 1.807) is 23.3 Å². The van der Waals surface area contributed by atoms with Gasteiger partial charge in [-0.25, -0.2) is 4.68 Å². The van der Waals surface area contributed by atoms with Gasteiger partial charge in [-0.3, -0.25) is 9.78 Å². The first kappa shape index (κ1) is 17.4. The molecule has 0 aliphatic rings. The number of aromatic nitrogens is 3. The van der Waals surface area contributed by atoms with Crippen molar-refractivity contribution in [2.24, 2.45) is 0 Å². The molecular formula is C21H15IN4O. The standard InChI is InChI=1S/C21H15IN4O/c22-16-6-8-17(9-7-16)24-21(27)19-14-26(18-4-2-1-3-5-18)25-20(19)15-10-12-23-13-11-15/h1-14H,(H,24,27). The van der Waals surface area contributed by atoms with Crippen LogP contribution in [0, 0.1) is 3.57 Å². The number of carbonyl (C=O) groups excluding carboxylic acids is 1. The molecule has 0 radical (unpaired) electrons. The van der Waals surface area contributed by atoms with E-state index in [9.17, 15) is 4.79 Å². The third kappa shape index (κ3) is 3.90. The van der Waals surface area contributed by atoms with Gasteiger partial charge in [0.25, 0.3) is 5.91 Å². The van der Waals surface area contributed by atoms with Crippen molar-refractivity contribution in [1.82, 2.24) is 14.8 Å². The number of rotatable bonds is 4. The molecule has 0 spiro atoms. The molecule has 2 heterocycles. The molecule has 0 aliphatic heterocycles. The lowest BCUT2D eigenvalue weighted by molar-refractivity contribution is 0.102. The van der Waals surface area contributed by atoms with Gasteiger partial charge >= 0.3 is 0 Å². The predicted molar refractivity (Wildman–Crippen MR) is 114 cm³/mol. The number of benzene rings is 2. The SMILES string of the molecule is O=C(Nc1ccc(I)cc1)c1cn(-c2ccccc2)nc1-c1ccncc1. The van der Waals surface area contributed by atoms with Crippen molar-refractivity contribution in [3.8, 4) is 16.9 Å². The summed E-state index contributed by atoms with van der Waals surface area (Å²) in [5.74, 6) is -0.204. The molecule has 0 unspecified atom stereocenters. The lowest BCUT2D eigenvalue weighted by atomic mass is 10.1. The lowest BCUT2D eigenvalue weighted by Gasteiger charge is -2.05. The van der Waals surface area contributed by atoms with E-state index in [1.807, 2.05) is 66.7 Å². The van der Waals surface area contributed by atoms with Gasteiger partial charge in [0.2, 0.25) is 0 Å². The van der Waals surface area contributed by atoms with Crippen LogP contribution in [0.2, 0.25) is 0 Å². The second kappa shape index (κ2) is 7.71. The molecular weight excluding hydrogens is 451 g/mol. The summed E-state index contributed by atoms with van der Waals surface area (Å²) in [6.07, 6.45) is 5.14. The molecule has 0 saturated carbocycles. The van der Waals surface area contributed by atoms with Crippen molar-refractivity contribution in [2.75, 3.05) is 5.32 Å². The number of hydrogen-bond donors (Lipinski definition) is 1. The number of halogens is 1. The van der Waals surface area contributed by atoms with Crippen molar-refractivity contribution in [1.29, 1.82) is 0 Å². The van der Waals surface area contributed by atoms with E-state index in [1.165, 1.54) is 0 Å². The van der Waals surface area contributed by atoms with Gasteiger partial charge in [0.05, 0.1) is 11.3 Å². The van der Waals surface area contributed by atoms with Crippen LogP contribution in [-0.2, 0) is 0 Å². The summed E-state index contributed by atoms with van der Waals surface area (Å²) in [4.78, 5) is 17.0. The first-order valence-corrected chi connectivity index (χ1v) is 9.41. The van der Waals surface area contributed by atoms with E-state index in [4.69, 9.17) is 0 Å². The fraction of sp³-hybridized carbons (Fsp3) is 0. The Balaban J connectivity index is 1.74. The van der Waals surface area contributed by atoms with Gasteiger partial charge < -0.3 is 5.32 Å². The maximum Gasteiger partial charge on any atom is 0.259 e. The van der Waals surface area contributed by atoms with E-state index in [0.717, 1.165) is 20.5 Å². The molecule has 2 aromatic heterocycles. The topological polar surface area (TPSA) is 59.8 Å². The Morgan fingerprint density at radius 2 is 1.63 bits per heavy atom. The van der Waals surface area contributed by atoms with Gasteiger partial charge in [0.1, 0.15) is 5.69 Å². The van der Waals surface area contributed by atoms with Crippen molar-refractivity contribution < 1.29 is 4.79 Å². The zero-order valence-corrected chi connectivity index (χ0v) is 16.4. The maximum atomic E-state index is 13.0. The third-order valence-electron chi connectivity index (χ3n) is 4.04. The van der Waals surface area contributed by atoms with E-state index in [-0.39, 0.29) is 5.91 Å². The normalized spacial score (nSPS) is 10.6. The quantitative estimate of drug-likeness (QED) is 0.440. The smallest absolute Gasteiger partial charge is 0.259 e. The summed E-state index contributed by atoms with van der Waals surface area (Å²) >= 11 is 2.23. The fourth-order valence-corrected chi connectivity index (χ4v) is 3.07. The molecule has 5 nitrogen and oxygen atoms in total. The molecule has 1 amide bonds. The summed E-state index contributed by atoms with van der Waals surface area (Å²) in [6, 6.07) is 21.1. The Kier molecular flexibility index (Phi) is 4.97. The molecule has 4 aromatic rings. The number of anilines is 1. The lowest BCUT2D eigenvalue weighted by Crippen LogP contribution is -2.12. The van der Waals surface area contributed by atoms with Crippen molar-refractivity contribution in [2.45, 2.75) is 0 Å². The Morgan fingerprint density at radius 3 is 2.33 bits per heavy atom. The van der Waals surface area contributed by atoms with Gasteiger partial charge in [-0.05, 0) is 71.1 Å². The summed E-state index contributed by atoms with van der Waals surface area (Å²) in [5, 5.41) is 7.60. The van der Waals surface area contributed by atoms with E-state index >= 15 is 0 Å². The van der Waals surface area contributed by atoms with Gasteiger partial charge in [-0.15, -0.1) is 0 Å². The highest BCUT2D eigenvalue weighted by molar-refractivity contribution is 14.1. The molecule has 6 heteroatoms. The average molecular weight is 466 g/mol. The zero-order chi connectivity index (χ0) is 18.6. The number of nitrogens with one attached hydrogen (secondary N) is 1. The molecule has 0 atom stereocenters. The molecule has 1 N–H and O–H groups in total. The number of carbonyl (C=O) groups is 1. The largest absolute Gasteiger partial charge is 0.322 e. The highest BCUT2D eigenvalue weighted by Gasteiger charge is 2.18. The third-order valence-corrected chi connectivity index (χ3v) is 4.75. The van der Waals surface area contributed by atoms with E-state index in [0.29, 0.717) is 11.3 Å². The highest BCUT2D eigenvalue weighted by Crippen LogP contribution is 2.24. The van der Waals surface area contributed by atoms with Crippen molar-refractivity contribution in [3.63, 3.8) is 0 Å². The van der Waals surface area contributed by atoms with Crippen LogP contribution in [0.4, 0.5) is 5.69 Å². The highest BCUT2D eigenvalue weighted by atomic mass is 127. The zero-order valence-electron chi connectivity index (χ0n) is 14.2. The molecule has 27 heavy (non-hydrogen) atoms. The Hall–Kier alpha value is -3.00. The van der Waals surface area contributed by atoms with Crippen LogP contribution in [0.3, 0.4) is 0 Å². The van der Waals surface area contributed by atoms with Gasteiger partial charge in [-0.2, -0.15) is 5.10 Å². The molecule has 0 fully saturated rings. The van der Waals surface area contributed by atoms with E-state index < -0.39 is 0 Å². The van der Waals surface area contributed by atoms with Crippen molar-refractivity contribution >= 4 is 34.2 Å². The Morgan fingerprint density at radius 1 is 0.926 bits per heavy atom. The number of hydrogen-bond acceptors (Lipinski definition) is 3. The fourth-order valence-electron chi connectivity index (χ4n) is 2.71. The Labute approximate surface area is 170 Å². The summed E-state index contributed by atoms with van der Waals surface area (Å²) < 4.78 is 2.83. The van der Waals surface area contributed by atoms with Crippen LogP contribution in [-0.4, -0.2) is 20.7 Å². The summed E-state index contributed by atoms with van der Waals surface area (Å²) in [5.41, 5.74) is 3.59. The molecule has 132 valence electrons. The van der Waals surface area contributed by atoms with Gasteiger partial charge in [0, 0.05) is 33.4 Å². The predicted octanol–water partition coefficient (Wildman–Crippen LogP) is 4.79. The first-order valence-electron chi connectivity index (χ1n) is 8.33. The van der Waals surface area contributed by atoms with Crippen LogP contribution in [0.1, 0.15) is 10.4 Å². The van der Waals surface area contributed by atoms with Crippen molar-refractivity contribution in [3.05, 3.63) is 94.5 Å². The monoisotopic (exact) mass is 466 g/mol. The molecule has 2 aromatic carbocycles. The van der Waals surface area contributed by atoms with E-state index in [2.05, 4.69) is 38.0 Å². The van der Waals surface area contributed by atoms with Crippen LogP contribution in [0.25, 0.3) is 16.9 Å². The van der Waals surface area contributed by atoms with Crippen LogP contribution in [0.15, 0.2) is 85.3 Å². The molecule has 0 bridgehead atoms. The Bertz CT molecular complexity index is 1060. The van der Waals surface area contributed by atoms with Crippen LogP contribution in [0.5, 0.6) is 0 Å². The minimum atomic E-state index is -0.204. The second-order valence-corrected chi connectivity index (χ2v) is 7.11. The molecule has 4 rings (SSSR count). The number of amides is 1. The number of nitrogens with zero attached hydrogens (tertiary/aromatic N) is 3. The molecule has 0 aliphatic carbocycles. The second-order valence-electron chi connectivity index (χ2n) is 5.87. The number of pyridine rings is 1. The molecule has 0 saturated heterocycles. The van der Waals surface area contributed by atoms with Gasteiger partial charge in [-0.1, -0.05) is 18.2 Å². The first-order chi connectivity index (χ1) is 13.2. The summed E-state index contributed by atoms with van der Waals surface area (Å²) in [7, 11) is 0. The average Bonchev–Trinajstić information content (AvgIpc) is 3.17. The number of para-hydroxylation sites is 1. The minimum Gasteiger partial charge on any atom is -0.322 e. The van der Waals surface area contributed by atoms with Crippen LogP contribution < -0.4 is 5.32 Å². The minimum absolute atomic E-state index is 0.204.